The van der Waals surface area contributed by atoms with Crippen LogP contribution in [0.25, 0.3) is 0 Å². The Morgan fingerprint density at radius 3 is 2.06 bits per heavy atom. The number of hydrogen-bond acceptors (Lipinski definition) is 4. The standard InChI is InChI=1S/C9H15F3N2O2/c1-2-8(5-15,6-16)14-4-7(3-13)9(10,11)12/h7,14-16H,2,4-6H2,1H3. The lowest BCUT2D eigenvalue weighted by Gasteiger charge is -2.31. The molecule has 0 rings (SSSR count). The zero-order chi connectivity index (χ0) is 12.8. The van der Waals surface area contributed by atoms with E-state index in [1.165, 1.54) is 0 Å². The molecule has 0 aromatic heterocycles. The molecule has 7 heteroatoms. The molecule has 1 atom stereocenters. The summed E-state index contributed by atoms with van der Waals surface area (Å²) in [6.07, 6.45) is -4.35. The van der Waals surface area contributed by atoms with Crippen LogP contribution in [-0.2, 0) is 0 Å². The fourth-order valence-corrected chi connectivity index (χ4v) is 1.06. The number of halogens is 3. The van der Waals surface area contributed by atoms with Gasteiger partial charge in [-0.2, -0.15) is 18.4 Å². The lowest BCUT2D eigenvalue weighted by molar-refractivity contribution is -0.159. The number of aliphatic hydroxyl groups excluding tert-OH is 2. The van der Waals surface area contributed by atoms with Gasteiger partial charge < -0.3 is 15.5 Å². The van der Waals surface area contributed by atoms with Crippen LogP contribution in [0.2, 0.25) is 0 Å². The van der Waals surface area contributed by atoms with Gasteiger partial charge >= 0.3 is 6.18 Å². The van der Waals surface area contributed by atoms with Gasteiger partial charge in [-0.25, -0.2) is 0 Å². The first kappa shape index (κ1) is 15.2. The summed E-state index contributed by atoms with van der Waals surface area (Å²) in [4.78, 5) is 0. The van der Waals surface area contributed by atoms with Crippen LogP contribution in [0.3, 0.4) is 0 Å². The summed E-state index contributed by atoms with van der Waals surface area (Å²) in [5, 5.41) is 28.7. The van der Waals surface area contributed by atoms with E-state index in [4.69, 9.17) is 15.5 Å². The molecular weight excluding hydrogens is 225 g/mol. The molecule has 1 unspecified atom stereocenters. The number of nitrogens with zero attached hydrogens (tertiary/aromatic N) is 1. The molecule has 0 bridgehead atoms. The number of aliphatic hydroxyl groups is 2. The first-order valence-electron chi connectivity index (χ1n) is 4.78. The van der Waals surface area contributed by atoms with Crippen molar-refractivity contribution in [3.05, 3.63) is 0 Å². The molecule has 0 heterocycles. The molecule has 0 amide bonds. The minimum absolute atomic E-state index is 0.260. The Morgan fingerprint density at radius 2 is 1.81 bits per heavy atom. The summed E-state index contributed by atoms with van der Waals surface area (Å²) in [6, 6.07) is 1.14. The molecule has 94 valence electrons. The van der Waals surface area contributed by atoms with E-state index in [1.54, 1.807) is 6.92 Å². The van der Waals surface area contributed by atoms with Gasteiger partial charge in [0.15, 0.2) is 5.92 Å². The van der Waals surface area contributed by atoms with E-state index in [-0.39, 0.29) is 6.42 Å². The fourth-order valence-electron chi connectivity index (χ4n) is 1.06. The predicted molar refractivity (Wildman–Crippen MR) is 50.4 cm³/mol. The average molecular weight is 240 g/mol. The highest BCUT2D eigenvalue weighted by Gasteiger charge is 2.41. The first-order valence-corrected chi connectivity index (χ1v) is 4.78. The van der Waals surface area contributed by atoms with Gasteiger partial charge in [0.25, 0.3) is 0 Å². The molecular formula is C9H15F3N2O2. The van der Waals surface area contributed by atoms with Crippen molar-refractivity contribution in [2.45, 2.75) is 25.1 Å². The van der Waals surface area contributed by atoms with Gasteiger partial charge in [-0.1, -0.05) is 6.92 Å². The van der Waals surface area contributed by atoms with Crippen molar-refractivity contribution in [1.29, 1.82) is 5.26 Å². The van der Waals surface area contributed by atoms with Crippen LogP contribution in [0.1, 0.15) is 13.3 Å². The van der Waals surface area contributed by atoms with Crippen LogP contribution in [-0.4, -0.2) is 41.7 Å². The SMILES string of the molecule is CCC(CO)(CO)NCC(C#N)C(F)(F)F. The molecule has 0 spiro atoms. The zero-order valence-corrected chi connectivity index (χ0v) is 8.88. The lowest BCUT2D eigenvalue weighted by atomic mass is 9.97. The number of alkyl halides is 3. The van der Waals surface area contributed by atoms with Gasteiger partial charge in [-0.15, -0.1) is 0 Å². The monoisotopic (exact) mass is 240 g/mol. The number of nitriles is 1. The minimum atomic E-state index is -4.61. The smallest absolute Gasteiger partial charge is 0.394 e. The molecule has 0 aliphatic rings. The molecule has 3 N–H and O–H groups in total. The van der Waals surface area contributed by atoms with Gasteiger partial charge in [0.1, 0.15) is 0 Å². The van der Waals surface area contributed by atoms with E-state index in [0.29, 0.717) is 0 Å². The Kier molecular flexibility index (Phi) is 5.72. The van der Waals surface area contributed by atoms with Gasteiger partial charge in [-0.3, -0.25) is 0 Å². The molecule has 0 saturated carbocycles. The van der Waals surface area contributed by atoms with Gasteiger partial charge in [-0.05, 0) is 6.42 Å². The second-order valence-corrected chi connectivity index (χ2v) is 3.55. The Hall–Kier alpha value is -0.840. The van der Waals surface area contributed by atoms with Crippen molar-refractivity contribution in [3.63, 3.8) is 0 Å². The minimum Gasteiger partial charge on any atom is -0.394 e. The topological polar surface area (TPSA) is 76.3 Å². The Morgan fingerprint density at radius 1 is 1.31 bits per heavy atom. The maximum Gasteiger partial charge on any atom is 0.405 e. The van der Waals surface area contributed by atoms with Crippen LogP contribution in [0.5, 0.6) is 0 Å². The second kappa shape index (κ2) is 6.03. The van der Waals surface area contributed by atoms with Crippen LogP contribution in [0.15, 0.2) is 0 Å². The molecule has 0 aliphatic carbocycles. The van der Waals surface area contributed by atoms with E-state index < -0.39 is 37.4 Å². The summed E-state index contributed by atoms with van der Waals surface area (Å²) in [7, 11) is 0. The van der Waals surface area contributed by atoms with Crippen molar-refractivity contribution in [2.24, 2.45) is 5.92 Å². The molecule has 4 nitrogen and oxygen atoms in total. The normalized spacial score (nSPS) is 14.6. The van der Waals surface area contributed by atoms with Gasteiger partial charge in [0.2, 0.25) is 0 Å². The van der Waals surface area contributed by atoms with E-state index in [9.17, 15) is 13.2 Å². The Bertz CT molecular complexity index is 238. The molecule has 0 aromatic rings. The predicted octanol–water partition coefficient (Wildman–Crippen LogP) is 0.411. The van der Waals surface area contributed by atoms with E-state index in [2.05, 4.69) is 5.32 Å². The molecule has 0 radical (unpaired) electrons. The van der Waals surface area contributed by atoms with Crippen LogP contribution in [0, 0.1) is 17.2 Å². The molecule has 16 heavy (non-hydrogen) atoms. The fraction of sp³-hybridized carbons (Fsp3) is 0.889. The van der Waals surface area contributed by atoms with E-state index >= 15 is 0 Å². The van der Waals surface area contributed by atoms with Gasteiger partial charge in [0.05, 0.1) is 24.8 Å². The highest BCUT2D eigenvalue weighted by atomic mass is 19.4. The number of hydrogen-bond donors (Lipinski definition) is 3. The zero-order valence-electron chi connectivity index (χ0n) is 8.88. The first-order chi connectivity index (χ1) is 7.35. The quantitative estimate of drug-likeness (QED) is 0.628. The van der Waals surface area contributed by atoms with Crippen LogP contribution >= 0.6 is 0 Å². The second-order valence-electron chi connectivity index (χ2n) is 3.55. The molecule has 0 fully saturated rings. The summed E-state index contributed by atoms with van der Waals surface area (Å²) >= 11 is 0. The van der Waals surface area contributed by atoms with Gasteiger partial charge in [0, 0.05) is 6.54 Å². The third kappa shape index (κ3) is 3.96. The van der Waals surface area contributed by atoms with Crippen molar-refractivity contribution in [1.82, 2.24) is 5.32 Å². The number of rotatable bonds is 6. The largest absolute Gasteiger partial charge is 0.405 e. The number of nitrogens with one attached hydrogen (secondary N) is 1. The molecule has 0 saturated heterocycles. The Balaban J connectivity index is 4.47. The highest BCUT2D eigenvalue weighted by Crippen LogP contribution is 2.25. The molecule has 0 aromatic carbocycles. The van der Waals surface area contributed by atoms with Crippen LogP contribution < -0.4 is 5.32 Å². The maximum atomic E-state index is 12.2. The highest BCUT2D eigenvalue weighted by molar-refractivity contribution is 4.94. The van der Waals surface area contributed by atoms with Crippen molar-refractivity contribution < 1.29 is 23.4 Å². The Labute approximate surface area is 91.7 Å². The summed E-state index contributed by atoms with van der Waals surface area (Å²) in [6.45, 7) is -0.00458. The van der Waals surface area contributed by atoms with Crippen LogP contribution in [0.4, 0.5) is 13.2 Å². The maximum absolute atomic E-state index is 12.2. The van der Waals surface area contributed by atoms with Crippen molar-refractivity contribution in [3.8, 4) is 6.07 Å². The van der Waals surface area contributed by atoms with Crippen molar-refractivity contribution >= 4 is 0 Å². The third-order valence-corrected chi connectivity index (χ3v) is 2.51. The van der Waals surface area contributed by atoms with Crippen molar-refractivity contribution in [2.75, 3.05) is 19.8 Å². The third-order valence-electron chi connectivity index (χ3n) is 2.51. The summed E-state index contributed by atoms with van der Waals surface area (Å²) in [5.41, 5.74) is -1.17. The molecule has 0 aliphatic heterocycles. The summed E-state index contributed by atoms with van der Waals surface area (Å²) < 4.78 is 36.7. The average Bonchev–Trinajstić information content (AvgIpc) is 2.24. The summed E-state index contributed by atoms with van der Waals surface area (Å²) in [5.74, 6) is -2.14. The lowest BCUT2D eigenvalue weighted by Crippen LogP contribution is -2.53. The van der Waals surface area contributed by atoms with E-state index in [1.807, 2.05) is 0 Å². The van der Waals surface area contributed by atoms with E-state index in [0.717, 1.165) is 6.07 Å².